The second kappa shape index (κ2) is 10.1. The molecule has 35 heavy (non-hydrogen) atoms. The van der Waals surface area contributed by atoms with Gasteiger partial charge in [0.25, 0.3) is 5.91 Å². The van der Waals surface area contributed by atoms with Crippen LogP contribution in [-0.4, -0.2) is 32.8 Å². The molecular weight excluding hydrogens is 486 g/mol. The molecule has 4 aromatic rings. The summed E-state index contributed by atoms with van der Waals surface area (Å²) in [5.74, 6) is -0.356. The molecule has 5 N–H and O–H groups in total. The number of rotatable bonds is 8. The summed E-state index contributed by atoms with van der Waals surface area (Å²) in [4.78, 5) is 28.9. The van der Waals surface area contributed by atoms with Gasteiger partial charge >= 0.3 is 0 Å². The van der Waals surface area contributed by atoms with E-state index >= 15 is 0 Å². The van der Waals surface area contributed by atoms with Crippen molar-refractivity contribution < 1.29 is 18.0 Å². The Bertz CT molecular complexity index is 1500. The van der Waals surface area contributed by atoms with Crippen LogP contribution in [0, 0.1) is 0 Å². The molecule has 0 aliphatic carbocycles. The highest BCUT2D eigenvalue weighted by atomic mass is 32.2. The molecule has 0 fully saturated rings. The number of nitrogens with one attached hydrogen (secondary N) is 3. The average Bonchev–Trinajstić information content (AvgIpc) is 3.29. The van der Waals surface area contributed by atoms with Gasteiger partial charge in [-0.2, -0.15) is 0 Å². The Kier molecular flexibility index (Phi) is 6.92. The third-order valence-electron chi connectivity index (χ3n) is 5.06. The molecule has 178 valence electrons. The molecule has 0 unspecified atom stereocenters. The van der Waals surface area contributed by atoms with Crippen LogP contribution in [0.1, 0.15) is 9.67 Å². The number of anilines is 3. The van der Waals surface area contributed by atoms with Crippen molar-refractivity contribution in [3.05, 3.63) is 77.7 Å². The van der Waals surface area contributed by atoms with E-state index < -0.39 is 10.0 Å². The van der Waals surface area contributed by atoms with Crippen molar-refractivity contribution in [1.29, 1.82) is 0 Å². The van der Waals surface area contributed by atoms with Crippen LogP contribution in [0.4, 0.5) is 16.5 Å². The normalized spacial score (nSPS) is 11.0. The number of nitrogens with two attached hydrogens (primary N) is 1. The van der Waals surface area contributed by atoms with Gasteiger partial charge in [-0.3, -0.25) is 9.59 Å². The van der Waals surface area contributed by atoms with E-state index in [1.807, 2.05) is 0 Å². The molecule has 0 aliphatic heterocycles. The fraction of sp³-hybridized carbons (Fsp3) is 0.0417. The van der Waals surface area contributed by atoms with Crippen molar-refractivity contribution in [3.63, 3.8) is 0 Å². The van der Waals surface area contributed by atoms with E-state index in [9.17, 15) is 18.0 Å². The fourth-order valence-corrected chi connectivity index (χ4v) is 5.07. The predicted octanol–water partition coefficient (Wildman–Crippen LogP) is 3.99. The van der Waals surface area contributed by atoms with Crippen molar-refractivity contribution in [2.75, 3.05) is 23.0 Å². The van der Waals surface area contributed by atoms with Crippen LogP contribution < -0.4 is 21.1 Å². The van der Waals surface area contributed by atoms with Crippen LogP contribution in [0.25, 0.3) is 22.4 Å². The summed E-state index contributed by atoms with van der Waals surface area (Å²) in [6, 6.07) is 20.3. The summed E-state index contributed by atoms with van der Waals surface area (Å²) in [7, 11) is -2.17. The van der Waals surface area contributed by atoms with Crippen molar-refractivity contribution in [2.24, 2.45) is 5.14 Å². The minimum absolute atomic E-state index is 0.0250. The van der Waals surface area contributed by atoms with E-state index in [0.717, 1.165) is 0 Å². The van der Waals surface area contributed by atoms with E-state index in [-0.39, 0.29) is 10.8 Å². The zero-order valence-corrected chi connectivity index (χ0v) is 20.1. The number of carbonyl (C=O) groups excluding carboxylic acids is 2. The van der Waals surface area contributed by atoms with Gasteiger partial charge in [0, 0.05) is 29.5 Å². The number of amides is 2. The standard InChI is InChI=1S/C24H21N5O4S2/c1-26-24-29-21(16-5-4-6-18(13-16)27-14-30)22(34-24)23(31)28-17-11-9-15(10-12-17)19-7-2-3-8-20(19)35(25,32)33/h2-14H,1H3,(H,26,29)(H,27,30)(H,28,31)(H2,25,32,33). The monoisotopic (exact) mass is 507 g/mol. The largest absolute Gasteiger partial charge is 0.365 e. The molecule has 0 spiro atoms. The van der Waals surface area contributed by atoms with Gasteiger partial charge in [-0.15, -0.1) is 0 Å². The molecule has 4 rings (SSSR count). The first kappa shape index (κ1) is 24.1. The van der Waals surface area contributed by atoms with Gasteiger partial charge < -0.3 is 16.0 Å². The van der Waals surface area contributed by atoms with E-state index in [1.54, 1.807) is 73.8 Å². The number of thiazole rings is 1. The minimum atomic E-state index is -3.89. The highest BCUT2D eigenvalue weighted by molar-refractivity contribution is 7.89. The van der Waals surface area contributed by atoms with Crippen LogP contribution in [0.5, 0.6) is 0 Å². The number of nitrogens with zero attached hydrogens (tertiary/aromatic N) is 1. The Morgan fingerprint density at radius 1 is 0.971 bits per heavy atom. The quantitative estimate of drug-likeness (QED) is 0.266. The van der Waals surface area contributed by atoms with Crippen LogP contribution >= 0.6 is 11.3 Å². The number of primary sulfonamides is 1. The third kappa shape index (κ3) is 5.38. The molecule has 1 aromatic heterocycles. The molecule has 1 heterocycles. The van der Waals surface area contributed by atoms with E-state index in [1.165, 1.54) is 17.4 Å². The van der Waals surface area contributed by atoms with E-state index in [0.29, 0.717) is 50.2 Å². The zero-order chi connectivity index (χ0) is 25.0. The summed E-state index contributed by atoms with van der Waals surface area (Å²) in [6.07, 6.45) is 0.581. The average molecular weight is 508 g/mol. The van der Waals surface area contributed by atoms with Gasteiger partial charge in [0.1, 0.15) is 4.88 Å². The van der Waals surface area contributed by atoms with Gasteiger partial charge in [-0.05, 0) is 35.9 Å². The number of benzene rings is 3. The maximum Gasteiger partial charge on any atom is 0.268 e. The Hall–Kier alpha value is -4.06. The molecule has 2 amide bonds. The number of hydrogen-bond donors (Lipinski definition) is 4. The second-order valence-electron chi connectivity index (χ2n) is 7.36. The number of aromatic nitrogens is 1. The van der Waals surface area contributed by atoms with Crippen molar-refractivity contribution in [2.45, 2.75) is 4.90 Å². The summed E-state index contributed by atoms with van der Waals surface area (Å²) in [5.41, 5.74) is 3.37. The molecule has 0 aliphatic rings. The third-order valence-corrected chi connectivity index (χ3v) is 7.10. The first-order chi connectivity index (χ1) is 16.8. The number of hydrogen-bond acceptors (Lipinski definition) is 7. The summed E-state index contributed by atoms with van der Waals surface area (Å²) in [6.45, 7) is 0. The van der Waals surface area contributed by atoms with Gasteiger partial charge in [-0.25, -0.2) is 18.5 Å². The van der Waals surface area contributed by atoms with E-state index in [2.05, 4.69) is 20.9 Å². The molecule has 0 atom stereocenters. The molecular formula is C24H21N5O4S2. The summed E-state index contributed by atoms with van der Waals surface area (Å²) < 4.78 is 23.8. The van der Waals surface area contributed by atoms with Crippen LogP contribution in [0.15, 0.2) is 77.7 Å². The molecule has 0 saturated carbocycles. The second-order valence-corrected chi connectivity index (χ2v) is 9.89. The molecule has 9 nitrogen and oxygen atoms in total. The maximum atomic E-state index is 13.2. The van der Waals surface area contributed by atoms with Crippen molar-refractivity contribution >= 4 is 50.2 Å². The van der Waals surface area contributed by atoms with E-state index in [4.69, 9.17) is 5.14 Å². The maximum absolute atomic E-state index is 13.2. The topological polar surface area (TPSA) is 143 Å². The highest BCUT2D eigenvalue weighted by Crippen LogP contribution is 2.33. The molecule has 11 heteroatoms. The predicted molar refractivity (Wildman–Crippen MR) is 138 cm³/mol. The number of carbonyl (C=O) groups is 2. The first-order valence-corrected chi connectivity index (χ1v) is 12.7. The lowest BCUT2D eigenvalue weighted by atomic mass is 10.1. The molecule has 3 aromatic carbocycles. The number of sulfonamides is 1. The Labute approximate surface area is 206 Å². The zero-order valence-electron chi connectivity index (χ0n) is 18.5. The van der Waals surface area contributed by atoms with Crippen LogP contribution in [-0.2, 0) is 14.8 Å². The Morgan fingerprint density at radius 2 is 1.71 bits per heavy atom. The van der Waals surface area contributed by atoms with Gasteiger partial charge in [-0.1, -0.05) is 53.8 Å². The van der Waals surface area contributed by atoms with Crippen LogP contribution in [0.3, 0.4) is 0 Å². The lowest BCUT2D eigenvalue weighted by molar-refractivity contribution is -0.105. The summed E-state index contributed by atoms with van der Waals surface area (Å²) >= 11 is 1.20. The fourth-order valence-electron chi connectivity index (χ4n) is 3.48. The highest BCUT2D eigenvalue weighted by Gasteiger charge is 2.20. The van der Waals surface area contributed by atoms with Crippen molar-refractivity contribution in [3.8, 4) is 22.4 Å². The van der Waals surface area contributed by atoms with Crippen LogP contribution in [0.2, 0.25) is 0 Å². The molecule has 0 radical (unpaired) electrons. The smallest absolute Gasteiger partial charge is 0.268 e. The molecule has 0 bridgehead atoms. The minimum Gasteiger partial charge on any atom is -0.365 e. The first-order valence-electron chi connectivity index (χ1n) is 10.3. The van der Waals surface area contributed by atoms with Crippen molar-refractivity contribution in [1.82, 2.24) is 4.98 Å². The van der Waals surface area contributed by atoms with Gasteiger partial charge in [0.05, 0.1) is 10.6 Å². The lowest BCUT2D eigenvalue weighted by Crippen LogP contribution is -2.13. The SMILES string of the molecule is CNc1nc(-c2cccc(NC=O)c2)c(C(=O)Nc2ccc(-c3ccccc3S(N)(=O)=O)cc2)s1. The lowest BCUT2D eigenvalue weighted by Gasteiger charge is -2.10. The molecule has 0 saturated heterocycles. The Morgan fingerprint density at radius 3 is 2.40 bits per heavy atom. The summed E-state index contributed by atoms with van der Waals surface area (Å²) in [5, 5.41) is 14.3. The van der Waals surface area contributed by atoms with Gasteiger partial charge in [0.15, 0.2) is 5.13 Å². The Balaban J connectivity index is 1.62. The van der Waals surface area contributed by atoms with Gasteiger partial charge in [0.2, 0.25) is 16.4 Å².